The Hall–Kier alpha value is -2.17. The SMILES string of the molecule is CCN(CC)CCn1c(-c2cccc(-c3nc4ccccc4n3CCN(CC)CC)n2)nc2ccccc21.[Cl-].[Cl-].[Cl-].[Co+3]. The first kappa shape index (κ1) is 37.9. The first-order chi connectivity index (χ1) is 18.7. The minimum atomic E-state index is 0. The number of hydrogen-bond acceptors (Lipinski definition) is 5. The Morgan fingerprint density at radius 1 is 0.524 bits per heavy atom. The standard InChI is InChI=1S/C31H39N7.3ClH.Co/c1-5-35(6-2)20-22-37-28-18-11-9-14-24(28)33-30(37)26-16-13-17-27(32-26)31-34-25-15-10-12-19-29(25)38(31)23-21-36(7-3)8-4;;;;/h9-19H,5-8,20-23H2,1-4H3;3*1H;/q;;;;+3/p-3. The molecule has 2 aromatic carbocycles. The Kier molecular flexibility index (Phi) is 16.1. The van der Waals surface area contributed by atoms with Crippen LogP contribution in [0.4, 0.5) is 0 Å². The number of para-hydroxylation sites is 4. The summed E-state index contributed by atoms with van der Waals surface area (Å²) in [5.41, 5.74) is 6.05. The van der Waals surface area contributed by atoms with Gasteiger partial charge in [0.2, 0.25) is 0 Å². The number of aromatic nitrogens is 5. The third kappa shape index (κ3) is 8.05. The van der Waals surface area contributed by atoms with Crippen molar-refractivity contribution in [1.82, 2.24) is 33.9 Å². The van der Waals surface area contributed by atoms with E-state index in [4.69, 9.17) is 15.0 Å². The van der Waals surface area contributed by atoms with Crippen molar-refractivity contribution in [2.24, 2.45) is 0 Å². The molecule has 0 bridgehead atoms. The van der Waals surface area contributed by atoms with Crippen LogP contribution >= 0.6 is 0 Å². The van der Waals surface area contributed by atoms with Crippen molar-refractivity contribution >= 4 is 22.1 Å². The molecule has 0 unspecified atom stereocenters. The number of imidazole rings is 2. The van der Waals surface area contributed by atoms with Gasteiger partial charge in [-0.05, 0) is 62.6 Å². The van der Waals surface area contributed by atoms with Crippen LogP contribution in [0.15, 0.2) is 66.7 Å². The molecule has 0 amide bonds. The van der Waals surface area contributed by atoms with Gasteiger partial charge in [-0.25, -0.2) is 15.0 Å². The van der Waals surface area contributed by atoms with Crippen LogP contribution in [-0.2, 0) is 29.9 Å². The zero-order chi connectivity index (χ0) is 26.5. The van der Waals surface area contributed by atoms with E-state index >= 15 is 0 Å². The second-order valence-electron chi connectivity index (χ2n) is 9.61. The molecule has 11 heteroatoms. The van der Waals surface area contributed by atoms with Crippen molar-refractivity contribution in [3.05, 3.63) is 66.7 Å². The maximum absolute atomic E-state index is 5.17. The van der Waals surface area contributed by atoms with E-state index in [1.54, 1.807) is 0 Å². The number of halogens is 3. The fourth-order valence-corrected chi connectivity index (χ4v) is 5.24. The zero-order valence-corrected chi connectivity index (χ0v) is 27.9. The van der Waals surface area contributed by atoms with Crippen LogP contribution in [0.3, 0.4) is 0 Å². The average molecular weight is 675 g/mol. The number of nitrogens with zero attached hydrogens (tertiary/aromatic N) is 7. The van der Waals surface area contributed by atoms with Gasteiger partial charge in [-0.3, -0.25) is 0 Å². The molecule has 0 saturated carbocycles. The van der Waals surface area contributed by atoms with Crippen LogP contribution in [0.2, 0.25) is 0 Å². The van der Waals surface area contributed by atoms with E-state index in [9.17, 15) is 0 Å². The summed E-state index contributed by atoms with van der Waals surface area (Å²) in [6.45, 7) is 16.7. The Morgan fingerprint density at radius 2 is 0.905 bits per heavy atom. The number of likely N-dealkylation sites (N-methyl/N-ethyl adjacent to an activating group) is 2. The van der Waals surface area contributed by atoms with Gasteiger partial charge in [0.05, 0.1) is 22.1 Å². The van der Waals surface area contributed by atoms with E-state index in [2.05, 4.69) is 113 Å². The zero-order valence-electron chi connectivity index (χ0n) is 24.6. The Labute approximate surface area is 278 Å². The number of rotatable bonds is 12. The van der Waals surface area contributed by atoms with Gasteiger partial charge in [0, 0.05) is 26.2 Å². The summed E-state index contributed by atoms with van der Waals surface area (Å²) in [4.78, 5) is 20.1. The molecule has 0 aliphatic carbocycles. The van der Waals surface area contributed by atoms with Gasteiger partial charge in [0.15, 0.2) is 11.6 Å². The largest absolute Gasteiger partial charge is 3.00 e. The van der Waals surface area contributed by atoms with Crippen molar-refractivity contribution in [2.75, 3.05) is 39.3 Å². The number of fused-ring (bicyclic) bond motifs is 2. The molecule has 0 atom stereocenters. The fraction of sp³-hybridized carbons (Fsp3) is 0.387. The van der Waals surface area contributed by atoms with E-state index in [0.29, 0.717) is 0 Å². The van der Waals surface area contributed by atoms with Crippen molar-refractivity contribution in [3.8, 4) is 23.0 Å². The van der Waals surface area contributed by atoms with Crippen molar-refractivity contribution in [3.63, 3.8) is 0 Å². The predicted octanol–water partition coefficient (Wildman–Crippen LogP) is -3.19. The molecule has 42 heavy (non-hydrogen) atoms. The monoisotopic (exact) mass is 673 g/mol. The summed E-state index contributed by atoms with van der Waals surface area (Å²) in [6.07, 6.45) is 0. The van der Waals surface area contributed by atoms with Crippen LogP contribution in [0, 0.1) is 0 Å². The first-order valence-corrected chi connectivity index (χ1v) is 14.0. The molecule has 3 aromatic heterocycles. The molecule has 228 valence electrons. The third-order valence-corrected chi connectivity index (χ3v) is 7.58. The average Bonchev–Trinajstić information content (AvgIpc) is 3.53. The van der Waals surface area contributed by atoms with Crippen LogP contribution < -0.4 is 37.2 Å². The molecule has 7 nitrogen and oxygen atoms in total. The van der Waals surface area contributed by atoms with Gasteiger partial charge in [-0.1, -0.05) is 58.0 Å². The molecule has 0 radical (unpaired) electrons. The second-order valence-corrected chi connectivity index (χ2v) is 9.61. The van der Waals surface area contributed by atoms with Gasteiger partial charge in [-0.15, -0.1) is 0 Å². The number of pyridine rings is 1. The number of hydrogen-bond donors (Lipinski definition) is 0. The summed E-state index contributed by atoms with van der Waals surface area (Å²) in [5.74, 6) is 1.82. The van der Waals surface area contributed by atoms with Crippen LogP contribution in [-0.4, -0.2) is 73.2 Å². The summed E-state index contributed by atoms with van der Waals surface area (Å²) < 4.78 is 4.65. The molecule has 0 aliphatic heterocycles. The van der Waals surface area contributed by atoms with Crippen molar-refractivity contribution < 1.29 is 54.0 Å². The quantitative estimate of drug-likeness (QED) is 0.140. The number of benzene rings is 2. The molecule has 3 heterocycles. The van der Waals surface area contributed by atoms with E-state index in [0.717, 1.165) is 97.5 Å². The molecule has 5 rings (SSSR count). The van der Waals surface area contributed by atoms with E-state index in [1.807, 2.05) is 0 Å². The molecular formula is C31H39Cl3CoN7. The van der Waals surface area contributed by atoms with Gasteiger partial charge in [0.25, 0.3) is 0 Å². The minimum Gasteiger partial charge on any atom is -1.00 e. The first-order valence-electron chi connectivity index (χ1n) is 14.0. The van der Waals surface area contributed by atoms with Gasteiger partial charge in [0.1, 0.15) is 11.4 Å². The summed E-state index contributed by atoms with van der Waals surface area (Å²) in [7, 11) is 0. The molecule has 0 spiro atoms. The minimum absolute atomic E-state index is 0. The maximum Gasteiger partial charge on any atom is 3.00 e. The maximum atomic E-state index is 5.17. The van der Waals surface area contributed by atoms with Gasteiger partial charge >= 0.3 is 16.8 Å². The topological polar surface area (TPSA) is 55.0 Å². The van der Waals surface area contributed by atoms with E-state index in [1.165, 1.54) is 0 Å². The molecule has 0 saturated heterocycles. The Morgan fingerprint density at radius 3 is 1.29 bits per heavy atom. The smallest absolute Gasteiger partial charge is 1.00 e. The van der Waals surface area contributed by atoms with Crippen molar-refractivity contribution in [1.29, 1.82) is 0 Å². The Balaban J connectivity index is 0.00000220. The van der Waals surface area contributed by atoms with Crippen molar-refractivity contribution in [2.45, 2.75) is 40.8 Å². The predicted molar refractivity (Wildman–Crippen MR) is 157 cm³/mol. The Bertz CT molecular complexity index is 1400. The van der Waals surface area contributed by atoms with Crippen LogP contribution in [0.25, 0.3) is 45.1 Å². The van der Waals surface area contributed by atoms with E-state index < -0.39 is 0 Å². The molecule has 0 fully saturated rings. The normalized spacial score (nSPS) is 10.8. The van der Waals surface area contributed by atoms with Gasteiger partial charge in [-0.2, -0.15) is 0 Å². The summed E-state index contributed by atoms with van der Waals surface area (Å²) in [5, 5.41) is 0. The van der Waals surface area contributed by atoms with E-state index in [-0.39, 0.29) is 54.0 Å². The third-order valence-electron chi connectivity index (χ3n) is 7.58. The molecular weight excluding hydrogens is 636 g/mol. The molecule has 0 aliphatic rings. The molecule has 5 aromatic rings. The fourth-order valence-electron chi connectivity index (χ4n) is 5.24. The summed E-state index contributed by atoms with van der Waals surface area (Å²) in [6, 6.07) is 23.0. The van der Waals surface area contributed by atoms with Crippen LogP contribution in [0.5, 0.6) is 0 Å². The van der Waals surface area contributed by atoms with Crippen LogP contribution in [0.1, 0.15) is 27.7 Å². The summed E-state index contributed by atoms with van der Waals surface area (Å²) >= 11 is 0. The molecule has 0 N–H and O–H groups in total. The van der Waals surface area contributed by atoms with Gasteiger partial charge < -0.3 is 56.2 Å². The second kappa shape index (κ2) is 17.8.